The molecule has 19 heavy (non-hydrogen) atoms. The van der Waals surface area contributed by atoms with E-state index in [1.54, 1.807) is 12.4 Å². The normalized spacial score (nSPS) is 26.2. The minimum absolute atomic E-state index is 0. The van der Waals surface area contributed by atoms with Crippen molar-refractivity contribution in [3.8, 4) is 0 Å². The van der Waals surface area contributed by atoms with Gasteiger partial charge in [-0.15, -0.1) is 12.4 Å². The molecule has 0 N–H and O–H groups in total. The molecule has 0 spiro atoms. The molecule has 0 saturated carbocycles. The van der Waals surface area contributed by atoms with Gasteiger partial charge in [-0.1, -0.05) is 0 Å². The number of pyridine rings is 1. The third-order valence-electron chi connectivity index (χ3n) is 4.08. The standard InChI is InChI=1S/C13H16N4O.ClH/c1-4-14-9-12-11(1)15-13(18-12)17-8-7-16-5-2-10(17)3-6-16;/h1,4,9-10H,2-3,5-8H2;1H. The maximum Gasteiger partial charge on any atom is 0.298 e. The largest absolute Gasteiger partial charge is 0.422 e. The lowest BCUT2D eigenvalue weighted by molar-refractivity contribution is 0.249. The van der Waals surface area contributed by atoms with Crippen LogP contribution in [0.4, 0.5) is 6.01 Å². The van der Waals surface area contributed by atoms with E-state index in [1.165, 1.54) is 25.9 Å². The first kappa shape index (κ1) is 12.7. The molecule has 2 aromatic heterocycles. The Hall–Kier alpha value is -1.33. The molecular weight excluding hydrogens is 264 g/mol. The van der Waals surface area contributed by atoms with Crippen LogP contribution in [0, 0.1) is 0 Å². The minimum atomic E-state index is 0. The summed E-state index contributed by atoms with van der Waals surface area (Å²) in [7, 11) is 0. The molecule has 0 unspecified atom stereocenters. The second kappa shape index (κ2) is 4.98. The molecule has 3 aliphatic heterocycles. The van der Waals surface area contributed by atoms with E-state index in [1.807, 2.05) is 6.07 Å². The Kier molecular flexibility index (Phi) is 3.33. The molecule has 0 aromatic carbocycles. The highest BCUT2D eigenvalue weighted by molar-refractivity contribution is 5.85. The van der Waals surface area contributed by atoms with Crippen LogP contribution in [0.15, 0.2) is 22.9 Å². The average molecular weight is 281 g/mol. The summed E-state index contributed by atoms with van der Waals surface area (Å²) in [4.78, 5) is 13.5. The van der Waals surface area contributed by atoms with Crippen LogP contribution in [0.25, 0.3) is 11.1 Å². The average Bonchev–Trinajstić information content (AvgIpc) is 2.61. The fraction of sp³-hybridized carbons (Fsp3) is 0.538. The summed E-state index contributed by atoms with van der Waals surface area (Å²) < 4.78 is 5.85. The van der Waals surface area contributed by atoms with Crippen molar-refractivity contribution >= 4 is 29.5 Å². The number of anilines is 1. The highest BCUT2D eigenvalue weighted by Crippen LogP contribution is 2.28. The highest BCUT2D eigenvalue weighted by atomic mass is 35.5. The van der Waals surface area contributed by atoms with Gasteiger partial charge in [0.25, 0.3) is 6.01 Å². The third-order valence-corrected chi connectivity index (χ3v) is 4.08. The Morgan fingerprint density at radius 1 is 1.16 bits per heavy atom. The minimum Gasteiger partial charge on any atom is -0.422 e. The molecule has 2 aromatic rings. The number of halogens is 1. The van der Waals surface area contributed by atoms with Gasteiger partial charge >= 0.3 is 0 Å². The molecule has 5 rings (SSSR count). The van der Waals surface area contributed by atoms with Crippen molar-refractivity contribution in [1.29, 1.82) is 0 Å². The molecule has 2 bridgehead atoms. The number of rotatable bonds is 1. The van der Waals surface area contributed by atoms with E-state index in [4.69, 9.17) is 4.42 Å². The molecule has 0 atom stereocenters. The van der Waals surface area contributed by atoms with E-state index in [9.17, 15) is 0 Å². The van der Waals surface area contributed by atoms with Crippen LogP contribution < -0.4 is 4.90 Å². The molecule has 5 heterocycles. The lowest BCUT2D eigenvalue weighted by Gasteiger charge is -2.30. The van der Waals surface area contributed by atoms with Crippen LogP contribution in [0.5, 0.6) is 0 Å². The summed E-state index contributed by atoms with van der Waals surface area (Å²) in [5, 5.41) is 0. The van der Waals surface area contributed by atoms with Crippen LogP contribution >= 0.6 is 12.4 Å². The molecule has 3 aliphatic rings. The van der Waals surface area contributed by atoms with E-state index in [0.717, 1.165) is 30.2 Å². The first-order chi connectivity index (χ1) is 8.90. The summed E-state index contributed by atoms with van der Waals surface area (Å²) in [6, 6.07) is 3.26. The van der Waals surface area contributed by atoms with Gasteiger partial charge in [0.15, 0.2) is 5.58 Å². The molecule has 0 aliphatic carbocycles. The van der Waals surface area contributed by atoms with Crippen LogP contribution in [0.1, 0.15) is 12.8 Å². The lowest BCUT2D eigenvalue weighted by Crippen LogP contribution is -2.38. The maximum absolute atomic E-state index is 5.85. The fourth-order valence-electron chi connectivity index (χ4n) is 3.03. The molecule has 3 fully saturated rings. The van der Waals surface area contributed by atoms with Crippen LogP contribution in [-0.4, -0.2) is 47.1 Å². The number of oxazole rings is 1. The third kappa shape index (κ3) is 2.17. The van der Waals surface area contributed by atoms with Crippen molar-refractivity contribution in [3.05, 3.63) is 18.5 Å². The second-order valence-electron chi connectivity index (χ2n) is 5.11. The highest BCUT2D eigenvalue weighted by Gasteiger charge is 2.31. The number of hydrogen-bond donors (Lipinski definition) is 0. The van der Waals surface area contributed by atoms with Crippen molar-refractivity contribution < 1.29 is 4.42 Å². The first-order valence-electron chi connectivity index (χ1n) is 6.60. The van der Waals surface area contributed by atoms with Crippen molar-refractivity contribution in [2.45, 2.75) is 18.9 Å². The Bertz CT molecular complexity index is 532. The zero-order chi connectivity index (χ0) is 11.9. The van der Waals surface area contributed by atoms with Gasteiger partial charge in [-0.25, -0.2) is 0 Å². The fourth-order valence-corrected chi connectivity index (χ4v) is 3.03. The van der Waals surface area contributed by atoms with Gasteiger partial charge in [-0.05, 0) is 18.9 Å². The predicted octanol–water partition coefficient (Wildman–Crippen LogP) is 1.93. The smallest absolute Gasteiger partial charge is 0.298 e. The van der Waals surface area contributed by atoms with E-state index >= 15 is 0 Å². The second-order valence-corrected chi connectivity index (χ2v) is 5.11. The summed E-state index contributed by atoms with van der Waals surface area (Å²) in [6.07, 6.45) is 5.94. The van der Waals surface area contributed by atoms with Crippen LogP contribution in [0.3, 0.4) is 0 Å². The van der Waals surface area contributed by atoms with Crippen molar-refractivity contribution in [2.75, 3.05) is 31.1 Å². The van der Waals surface area contributed by atoms with Gasteiger partial charge in [-0.2, -0.15) is 4.98 Å². The quantitative estimate of drug-likeness (QED) is 0.799. The number of piperidine rings is 1. The van der Waals surface area contributed by atoms with Crippen LogP contribution in [0.2, 0.25) is 0 Å². The molecule has 0 radical (unpaired) electrons. The Balaban J connectivity index is 0.00000110. The molecule has 6 heteroatoms. The number of fused-ring (bicyclic) bond motifs is 5. The zero-order valence-electron chi connectivity index (χ0n) is 10.7. The molecule has 3 saturated heterocycles. The Morgan fingerprint density at radius 2 is 2.00 bits per heavy atom. The SMILES string of the molecule is Cl.c1cc2nc(N3CCN4CCC3CC4)oc2cn1. The Morgan fingerprint density at radius 3 is 2.79 bits per heavy atom. The molecule has 102 valence electrons. The number of hydrogen-bond acceptors (Lipinski definition) is 5. The topological polar surface area (TPSA) is 45.4 Å². The van der Waals surface area contributed by atoms with Crippen LogP contribution in [-0.2, 0) is 0 Å². The number of aromatic nitrogens is 2. The van der Waals surface area contributed by atoms with Crippen molar-refractivity contribution in [2.24, 2.45) is 0 Å². The van der Waals surface area contributed by atoms with Gasteiger partial charge in [0.1, 0.15) is 5.52 Å². The van der Waals surface area contributed by atoms with E-state index in [-0.39, 0.29) is 12.4 Å². The van der Waals surface area contributed by atoms with Crippen molar-refractivity contribution in [1.82, 2.24) is 14.9 Å². The summed E-state index contributed by atoms with van der Waals surface area (Å²) in [5.41, 5.74) is 1.69. The van der Waals surface area contributed by atoms with Gasteiger partial charge in [0.2, 0.25) is 0 Å². The zero-order valence-corrected chi connectivity index (χ0v) is 11.5. The Labute approximate surface area is 118 Å². The monoisotopic (exact) mass is 280 g/mol. The van der Waals surface area contributed by atoms with Gasteiger partial charge in [0, 0.05) is 38.4 Å². The lowest BCUT2D eigenvalue weighted by atomic mass is 10.1. The summed E-state index contributed by atoms with van der Waals surface area (Å²) in [5.74, 6) is 0. The van der Waals surface area contributed by atoms with Crippen molar-refractivity contribution in [3.63, 3.8) is 0 Å². The van der Waals surface area contributed by atoms with E-state index in [2.05, 4.69) is 19.8 Å². The first-order valence-corrected chi connectivity index (χ1v) is 6.60. The maximum atomic E-state index is 5.85. The number of nitrogens with zero attached hydrogens (tertiary/aromatic N) is 4. The van der Waals surface area contributed by atoms with E-state index in [0.29, 0.717) is 6.04 Å². The van der Waals surface area contributed by atoms with Gasteiger partial charge in [-0.3, -0.25) is 4.98 Å². The molecule has 0 amide bonds. The van der Waals surface area contributed by atoms with Gasteiger partial charge < -0.3 is 14.2 Å². The van der Waals surface area contributed by atoms with Gasteiger partial charge in [0.05, 0.1) is 6.20 Å². The molecule has 5 nitrogen and oxygen atoms in total. The van der Waals surface area contributed by atoms with E-state index < -0.39 is 0 Å². The summed E-state index contributed by atoms with van der Waals surface area (Å²) >= 11 is 0. The molecular formula is C13H17ClN4O. The summed E-state index contributed by atoms with van der Waals surface area (Å²) in [6.45, 7) is 4.56. The predicted molar refractivity (Wildman–Crippen MR) is 75.9 cm³/mol.